The molecule has 0 unspecified atom stereocenters. The van der Waals surface area contributed by atoms with Gasteiger partial charge >= 0.3 is 0 Å². The molecule has 1 saturated heterocycles. The highest BCUT2D eigenvalue weighted by molar-refractivity contribution is 5.90. The Kier molecular flexibility index (Phi) is 5.29. The molecule has 1 rings (SSSR count). The third-order valence-corrected chi connectivity index (χ3v) is 3.03. The fourth-order valence-corrected chi connectivity index (χ4v) is 2.01. The molecule has 0 aromatic heterocycles. The number of carbonyl (C=O) groups is 3. The Hall–Kier alpha value is -2.11. The Morgan fingerprint density at radius 2 is 1.29 bits per heavy atom. The molecule has 0 saturated carbocycles. The first kappa shape index (κ1) is 16.9. The molecule has 6 heteroatoms. The number of carbonyl (C=O) groups excluding carboxylic acids is 3. The summed E-state index contributed by atoms with van der Waals surface area (Å²) in [6.45, 7) is 13.2. The van der Waals surface area contributed by atoms with Crippen molar-refractivity contribution in [1.82, 2.24) is 14.7 Å². The third kappa shape index (κ3) is 4.73. The highest BCUT2D eigenvalue weighted by Gasteiger charge is 2.31. The van der Waals surface area contributed by atoms with Crippen LogP contribution in [0, 0.1) is 5.41 Å². The van der Waals surface area contributed by atoms with Gasteiger partial charge in [-0.25, -0.2) is 0 Å². The van der Waals surface area contributed by atoms with E-state index in [1.807, 2.05) is 20.8 Å². The summed E-state index contributed by atoms with van der Waals surface area (Å²) in [5, 5.41) is 0. The first-order chi connectivity index (χ1) is 9.67. The second-order valence-electron chi connectivity index (χ2n) is 6.26. The largest absolute Gasteiger partial charge is 0.307 e. The van der Waals surface area contributed by atoms with Crippen LogP contribution in [-0.2, 0) is 14.4 Å². The van der Waals surface area contributed by atoms with Crippen molar-refractivity contribution in [2.45, 2.75) is 27.2 Å². The lowest BCUT2D eigenvalue weighted by Gasteiger charge is -2.42. The van der Waals surface area contributed by atoms with Crippen LogP contribution in [-0.4, -0.2) is 52.4 Å². The van der Waals surface area contributed by atoms with Crippen molar-refractivity contribution in [3.05, 3.63) is 25.3 Å². The van der Waals surface area contributed by atoms with E-state index < -0.39 is 0 Å². The molecule has 0 aromatic rings. The smallest absolute Gasteiger partial charge is 0.248 e. The monoisotopic (exact) mass is 293 g/mol. The lowest BCUT2D eigenvalue weighted by atomic mass is 9.91. The first-order valence-corrected chi connectivity index (χ1v) is 6.78. The van der Waals surface area contributed by atoms with Crippen LogP contribution in [0.3, 0.4) is 0 Å². The van der Waals surface area contributed by atoms with Crippen LogP contribution in [0.15, 0.2) is 25.3 Å². The van der Waals surface area contributed by atoms with Gasteiger partial charge in [0, 0.05) is 6.42 Å². The van der Waals surface area contributed by atoms with E-state index in [2.05, 4.69) is 13.2 Å². The van der Waals surface area contributed by atoms with Crippen molar-refractivity contribution in [2.24, 2.45) is 5.41 Å². The maximum Gasteiger partial charge on any atom is 0.248 e. The summed E-state index contributed by atoms with van der Waals surface area (Å²) in [6, 6.07) is 0. The molecule has 0 atom stereocenters. The van der Waals surface area contributed by atoms with E-state index in [1.54, 1.807) is 0 Å². The average molecular weight is 293 g/mol. The Bertz CT molecular complexity index is 437. The fraction of sp³-hybridized carbons (Fsp3) is 0.533. The zero-order valence-corrected chi connectivity index (χ0v) is 13.0. The van der Waals surface area contributed by atoms with Gasteiger partial charge in [-0.1, -0.05) is 33.9 Å². The van der Waals surface area contributed by atoms with E-state index in [4.69, 9.17) is 0 Å². The van der Waals surface area contributed by atoms with Gasteiger partial charge in [0.2, 0.25) is 17.7 Å². The minimum absolute atomic E-state index is 0.0917. The van der Waals surface area contributed by atoms with Gasteiger partial charge in [-0.3, -0.25) is 14.4 Å². The predicted octanol–water partition coefficient (Wildman–Crippen LogP) is 1.17. The zero-order chi connectivity index (χ0) is 16.2. The van der Waals surface area contributed by atoms with E-state index in [0.29, 0.717) is 6.42 Å². The molecular weight excluding hydrogens is 270 g/mol. The van der Waals surface area contributed by atoms with Crippen LogP contribution in [0.4, 0.5) is 0 Å². The second kappa shape index (κ2) is 6.56. The van der Waals surface area contributed by atoms with Crippen molar-refractivity contribution in [2.75, 3.05) is 20.0 Å². The summed E-state index contributed by atoms with van der Waals surface area (Å²) in [5.74, 6) is -0.721. The Morgan fingerprint density at radius 1 is 0.905 bits per heavy atom. The molecule has 3 amide bonds. The SMILES string of the molecule is C=CC(=O)N1CN(C(=O)C=C)CN(C(=O)CC(C)(C)C)C1. The molecule has 1 fully saturated rings. The molecule has 1 heterocycles. The van der Waals surface area contributed by atoms with E-state index in [-0.39, 0.29) is 43.1 Å². The molecule has 116 valence electrons. The summed E-state index contributed by atoms with van der Waals surface area (Å²) in [7, 11) is 0. The summed E-state index contributed by atoms with van der Waals surface area (Å²) in [6.07, 6.45) is 2.70. The molecule has 0 N–H and O–H groups in total. The van der Waals surface area contributed by atoms with Gasteiger partial charge in [0.25, 0.3) is 0 Å². The third-order valence-electron chi connectivity index (χ3n) is 3.03. The van der Waals surface area contributed by atoms with Crippen molar-refractivity contribution < 1.29 is 14.4 Å². The fourth-order valence-electron chi connectivity index (χ4n) is 2.01. The van der Waals surface area contributed by atoms with Gasteiger partial charge < -0.3 is 14.7 Å². The lowest BCUT2D eigenvalue weighted by molar-refractivity contribution is -0.155. The summed E-state index contributed by atoms with van der Waals surface area (Å²) in [5.41, 5.74) is -0.158. The highest BCUT2D eigenvalue weighted by atomic mass is 16.2. The highest BCUT2D eigenvalue weighted by Crippen LogP contribution is 2.21. The minimum atomic E-state index is -0.315. The van der Waals surface area contributed by atoms with Gasteiger partial charge in [-0.2, -0.15) is 0 Å². The number of amides is 3. The Morgan fingerprint density at radius 3 is 1.62 bits per heavy atom. The minimum Gasteiger partial charge on any atom is -0.307 e. The molecule has 0 aliphatic carbocycles. The second-order valence-corrected chi connectivity index (χ2v) is 6.26. The van der Waals surface area contributed by atoms with Gasteiger partial charge in [0.15, 0.2) is 0 Å². The maximum atomic E-state index is 12.3. The maximum absolute atomic E-state index is 12.3. The average Bonchev–Trinajstić information content (AvgIpc) is 2.43. The normalized spacial score (nSPS) is 15.7. The van der Waals surface area contributed by atoms with Crippen molar-refractivity contribution in [3.8, 4) is 0 Å². The first-order valence-electron chi connectivity index (χ1n) is 6.78. The van der Waals surface area contributed by atoms with E-state index in [1.165, 1.54) is 26.9 Å². The molecule has 1 aliphatic rings. The van der Waals surface area contributed by atoms with Crippen molar-refractivity contribution >= 4 is 17.7 Å². The molecule has 0 spiro atoms. The summed E-state index contributed by atoms with van der Waals surface area (Å²) >= 11 is 0. The van der Waals surface area contributed by atoms with Crippen LogP contribution in [0.2, 0.25) is 0 Å². The Balaban J connectivity index is 2.90. The van der Waals surface area contributed by atoms with Crippen LogP contribution in [0.1, 0.15) is 27.2 Å². The molecule has 6 nitrogen and oxygen atoms in total. The zero-order valence-electron chi connectivity index (χ0n) is 13.0. The molecule has 0 bridgehead atoms. The van der Waals surface area contributed by atoms with Crippen molar-refractivity contribution in [1.29, 1.82) is 0 Å². The van der Waals surface area contributed by atoms with Gasteiger partial charge in [0.05, 0.1) is 20.0 Å². The van der Waals surface area contributed by atoms with Crippen LogP contribution in [0.25, 0.3) is 0 Å². The van der Waals surface area contributed by atoms with Gasteiger partial charge in [-0.15, -0.1) is 0 Å². The summed E-state index contributed by atoms with van der Waals surface area (Å²) in [4.78, 5) is 40.2. The molecule has 21 heavy (non-hydrogen) atoms. The number of hydrogen-bond acceptors (Lipinski definition) is 3. The lowest BCUT2D eigenvalue weighted by Crippen LogP contribution is -2.59. The quantitative estimate of drug-likeness (QED) is 0.734. The number of hydrogen-bond donors (Lipinski definition) is 0. The Labute approximate surface area is 125 Å². The van der Waals surface area contributed by atoms with Crippen LogP contribution < -0.4 is 0 Å². The van der Waals surface area contributed by atoms with E-state index in [0.717, 1.165) is 0 Å². The van der Waals surface area contributed by atoms with Crippen LogP contribution >= 0.6 is 0 Å². The van der Waals surface area contributed by atoms with Gasteiger partial charge in [0.1, 0.15) is 0 Å². The standard InChI is InChI=1S/C15H23N3O3/c1-6-12(19)16-9-17(13(20)7-2)11-18(10-16)14(21)8-15(3,4)5/h6-7H,1-2,8-11H2,3-5H3. The molecule has 0 aromatic carbocycles. The predicted molar refractivity (Wildman–Crippen MR) is 79.6 cm³/mol. The van der Waals surface area contributed by atoms with Crippen molar-refractivity contribution in [3.63, 3.8) is 0 Å². The molecular formula is C15H23N3O3. The van der Waals surface area contributed by atoms with Gasteiger partial charge in [-0.05, 0) is 17.6 Å². The van der Waals surface area contributed by atoms with E-state index >= 15 is 0 Å². The number of rotatable bonds is 3. The van der Waals surface area contributed by atoms with E-state index in [9.17, 15) is 14.4 Å². The number of nitrogens with zero attached hydrogens (tertiary/aromatic N) is 3. The molecule has 0 radical (unpaired) electrons. The summed E-state index contributed by atoms with van der Waals surface area (Å²) < 4.78 is 0. The van der Waals surface area contributed by atoms with Crippen LogP contribution in [0.5, 0.6) is 0 Å². The topological polar surface area (TPSA) is 60.9 Å². The molecule has 1 aliphatic heterocycles.